The van der Waals surface area contributed by atoms with Crippen LogP contribution in [0.15, 0.2) is 18.5 Å². The van der Waals surface area contributed by atoms with E-state index in [1.165, 1.54) is 50.9 Å². The second-order valence-corrected chi connectivity index (χ2v) is 5.12. The zero-order chi connectivity index (χ0) is 11.9. The molecule has 2 heterocycles. The van der Waals surface area contributed by atoms with Crippen LogP contribution in [0.2, 0.25) is 0 Å². The third-order valence-electron chi connectivity index (χ3n) is 3.50. The summed E-state index contributed by atoms with van der Waals surface area (Å²) in [5.74, 6) is 0. The molecule has 1 aliphatic heterocycles. The molecule has 3 nitrogen and oxygen atoms in total. The van der Waals surface area contributed by atoms with Crippen LogP contribution in [0.1, 0.15) is 31.2 Å². The average molecular weight is 235 g/mol. The zero-order valence-electron chi connectivity index (χ0n) is 11.0. The van der Waals surface area contributed by atoms with E-state index in [1.807, 2.05) is 0 Å². The number of rotatable bonds is 6. The van der Waals surface area contributed by atoms with Gasteiger partial charge in [0.05, 0.1) is 0 Å². The van der Waals surface area contributed by atoms with Crippen molar-refractivity contribution >= 4 is 0 Å². The first-order chi connectivity index (χ1) is 8.34. The Hall–Kier alpha value is -0.800. The molecule has 1 fully saturated rings. The van der Waals surface area contributed by atoms with Crippen LogP contribution in [0, 0.1) is 0 Å². The molecule has 0 atom stereocenters. The number of aromatic nitrogens is 1. The summed E-state index contributed by atoms with van der Waals surface area (Å²) in [5.41, 5.74) is 1.38. The smallest absolute Gasteiger partial charge is 0.0220 e. The Labute approximate surface area is 105 Å². The van der Waals surface area contributed by atoms with Crippen LogP contribution in [-0.2, 0) is 13.6 Å². The van der Waals surface area contributed by atoms with Crippen LogP contribution in [0.4, 0.5) is 0 Å². The SMILES string of the molecule is Cn1ccc(CNCCCN2CCCCC2)c1. The Morgan fingerprint density at radius 1 is 1.24 bits per heavy atom. The maximum absolute atomic E-state index is 3.51. The number of likely N-dealkylation sites (tertiary alicyclic amines) is 1. The molecule has 1 aromatic rings. The van der Waals surface area contributed by atoms with E-state index in [0.717, 1.165) is 13.1 Å². The molecule has 1 saturated heterocycles. The maximum Gasteiger partial charge on any atom is 0.0220 e. The molecule has 0 amide bonds. The summed E-state index contributed by atoms with van der Waals surface area (Å²) in [6.07, 6.45) is 9.78. The minimum absolute atomic E-state index is 1.00. The fourth-order valence-corrected chi connectivity index (χ4v) is 2.51. The third-order valence-corrected chi connectivity index (χ3v) is 3.50. The van der Waals surface area contributed by atoms with E-state index in [2.05, 4.69) is 40.3 Å². The quantitative estimate of drug-likeness (QED) is 0.761. The van der Waals surface area contributed by atoms with E-state index in [1.54, 1.807) is 0 Å². The summed E-state index contributed by atoms with van der Waals surface area (Å²) >= 11 is 0. The molecule has 1 N–H and O–H groups in total. The van der Waals surface area contributed by atoms with Gasteiger partial charge in [-0.1, -0.05) is 6.42 Å². The molecular weight excluding hydrogens is 210 g/mol. The highest BCUT2D eigenvalue weighted by molar-refractivity contribution is 5.09. The molecule has 1 aromatic heterocycles. The van der Waals surface area contributed by atoms with E-state index in [-0.39, 0.29) is 0 Å². The average Bonchev–Trinajstić information content (AvgIpc) is 2.76. The lowest BCUT2D eigenvalue weighted by molar-refractivity contribution is 0.225. The lowest BCUT2D eigenvalue weighted by Gasteiger charge is -2.26. The van der Waals surface area contributed by atoms with E-state index < -0.39 is 0 Å². The summed E-state index contributed by atoms with van der Waals surface area (Å²) < 4.78 is 2.10. The molecule has 0 spiro atoms. The molecule has 96 valence electrons. The summed E-state index contributed by atoms with van der Waals surface area (Å²) in [7, 11) is 2.07. The largest absolute Gasteiger partial charge is 0.357 e. The van der Waals surface area contributed by atoms with Crippen LogP contribution < -0.4 is 5.32 Å². The second kappa shape index (κ2) is 6.82. The molecule has 0 radical (unpaired) electrons. The van der Waals surface area contributed by atoms with Gasteiger partial charge in [0.15, 0.2) is 0 Å². The summed E-state index contributed by atoms with van der Waals surface area (Å²) in [4.78, 5) is 2.60. The number of nitrogens with one attached hydrogen (secondary N) is 1. The van der Waals surface area contributed by atoms with Crippen molar-refractivity contribution in [2.75, 3.05) is 26.2 Å². The standard InChI is InChI=1S/C14H25N3/c1-16-11-6-14(13-16)12-15-7-5-10-17-8-3-2-4-9-17/h6,11,13,15H,2-5,7-10,12H2,1H3. The van der Waals surface area contributed by atoms with Gasteiger partial charge in [0.2, 0.25) is 0 Å². The number of hydrogen-bond acceptors (Lipinski definition) is 2. The van der Waals surface area contributed by atoms with E-state index in [9.17, 15) is 0 Å². The lowest BCUT2D eigenvalue weighted by atomic mass is 10.1. The Morgan fingerprint density at radius 3 is 2.76 bits per heavy atom. The monoisotopic (exact) mass is 235 g/mol. The fraction of sp³-hybridized carbons (Fsp3) is 0.714. The number of piperidine rings is 1. The molecule has 1 aliphatic rings. The highest BCUT2D eigenvalue weighted by Gasteiger charge is 2.08. The highest BCUT2D eigenvalue weighted by Crippen LogP contribution is 2.08. The Kier molecular flexibility index (Phi) is 5.08. The predicted octanol–water partition coefficient (Wildman–Crippen LogP) is 1.99. The Bertz CT molecular complexity index is 313. The minimum Gasteiger partial charge on any atom is -0.357 e. The van der Waals surface area contributed by atoms with Crippen LogP contribution in [-0.4, -0.2) is 35.6 Å². The normalized spacial score (nSPS) is 17.5. The van der Waals surface area contributed by atoms with Crippen LogP contribution in [0.5, 0.6) is 0 Å². The van der Waals surface area contributed by atoms with Crippen molar-refractivity contribution in [1.29, 1.82) is 0 Å². The second-order valence-electron chi connectivity index (χ2n) is 5.12. The zero-order valence-corrected chi connectivity index (χ0v) is 11.0. The number of aryl methyl sites for hydroxylation is 1. The first kappa shape index (κ1) is 12.7. The predicted molar refractivity (Wildman–Crippen MR) is 72.0 cm³/mol. The van der Waals surface area contributed by atoms with Crippen LogP contribution >= 0.6 is 0 Å². The molecule has 2 rings (SSSR count). The van der Waals surface area contributed by atoms with Crippen molar-refractivity contribution in [1.82, 2.24) is 14.8 Å². The van der Waals surface area contributed by atoms with Gasteiger partial charge < -0.3 is 14.8 Å². The first-order valence-electron chi connectivity index (χ1n) is 6.88. The molecular formula is C14H25N3. The van der Waals surface area contributed by atoms with Crippen LogP contribution in [0.3, 0.4) is 0 Å². The molecule has 0 saturated carbocycles. The van der Waals surface area contributed by atoms with Gasteiger partial charge in [-0.3, -0.25) is 0 Å². The van der Waals surface area contributed by atoms with E-state index in [0.29, 0.717) is 0 Å². The molecule has 0 unspecified atom stereocenters. The van der Waals surface area contributed by atoms with Gasteiger partial charge in [0.25, 0.3) is 0 Å². The summed E-state index contributed by atoms with van der Waals surface area (Å²) in [5, 5.41) is 3.51. The molecule has 0 aromatic carbocycles. The van der Waals surface area contributed by atoms with Gasteiger partial charge in [-0.2, -0.15) is 0 Å². The van der Waals surface area contributed by atoms with E-state index >= 15 is 0 Å². The molecule has 17 heavy (non-hydrogen) atoms. The first-order valence-corrected chi connectivity index (χ1v) is 6.88. The van der Waals surface area contributed by atoms with Crippen molar-refractivity contribution in [2.24, 2.45) is 7.05 Å². The third kappa shape index (κ3) is 4.52. The highest BCUT2D eigenvalue weighted by atomic mass is 15.1. The lowest BCUT2D eigenvalue weighted by Crippen LogP contribution is -2.32. The molecule has 3 heteroatoms. The van der Waals surface area contributed by atoms with Gasteiger partial charge in [0.1, 0.15) is 0 Å². The summed E-state index contributed by atoms with van der Waals surface area (Å²) in [6, 6.07) is 2.18. The Balaban J connectivity index is 1.51. The maximum atomic E-state index is 3.51. The van der Waals surface area contributed by atoms with Gasteiger partial charge >= 0.3 is 0 Å². The van der Waals surface area contributed by atoms with Crippen LogP contribution in [0.25, 0.3) is 0 Å². The number of nitrogens with zero attached hydrogens (tertiary/aromatic N) is 2. The fourth-order valence-electron chi connectivity index (χ4n) is 2.51. The molecule has 0 bridgehead atoms. The van der Waals surface area contributed by atoms with Crippen molar-refractivity contribution < 1.29 is 0 Å². The topological polar surface area (TPSA) is 20.2 Å². The molecule has 0 aliphatic carbocycles. The van der Waals surface area contributed by atoms with E-state index in [4.69, 9.17) is 0 Å². The minimum atomic E-state index is 1.00. The number of hydrogen-bond donors (Lipinski definition) is 1. The Morgan fingerprint density at radius 2 is 2.06 bits per heavy atom. The van der Waals surface area contributed by atoms with Crippen molar-refractivity contribution in [3.63, 3.8) is 0 Å². The van der Waals surface area contributed by atoms with Crippen molar-refractivity contribution in [3.8, 4) is 0 Å². The van der Waals surface area contributed by atoms with Gasteiger partial charge in [-0.05, 0) is 57.1 Å². The van der Waals surface area contributed by atoms with Gasteiger partial charge in [-0.15, -0.1) is 0 Å². The van der Waals surface area contributed by atoms with Gasteiger partial charge in [-0.25, -0.2) is 0 Å². The van der Waals surface area contributed by atoms with Crippen molar-refractivity contribution in [2.45, 2.75) is 32.2 Å². The summed E-state index contributed by atoms with van der Waals surface area (Å²) in [6.45, 7) is 6.03. The van der Waals surface area contributed by atoms with Crippen molar-refractivity contribution in [3.05, 3.63) is 24.0 Å². The van der Waals surface area contributed by atoms with Gasteiger partial charge in [0, 0.05) is 26.0 Å².